The van der Waals surface area contributed by atoms with E-state index in [4.69, 9.17) is 4.42 Å². The average Bonchev–Trinajstić information content (AvgIpc) is 3.78. The lowest BCUT2D eigenvalue weighted by molar-refractivity contribution is 0.669. The molecule has 0 bridgehead atoms. The van der Waals surface area contributed by atoms with E-state index in [0.29, 0.717) is 0 Å². The predicted octanol–water partition coefficient (Wildman–Crippen LogP) is 14.2. The third-order valence-corrected chi connectivity index (χ3v) is 12.0. The second-order valence-corrected chi connectivity index (χ2v) is 14.8. The van der Waals surface area contributed by atoms with E-state index in [1.165, 1.54) is 55.3 Å². The van der Waals surface area contributed by atoms with Gasteiger partial charge in [-0.2, -0.15) is 0 Å². The topological polar surface area (TPSA) is 16.4 Å². The van der Waals surface area contributed by atoms with E-state index < -0.39 is 0 Å². The Kier molecular flexibility index (Phi) is 6.29. The van der Waals surface area contributed by atoms with Gasteiger partial charge in [-0.25, -0.2) is 0 Å². The molecule has 0 saturated heterocycles. The Balaban J connectivity index is 1.04. The zero-order valence-electron chi connectivity index (χ0n) is 29.9. The molecule has 55 heavy (non-hydrogen) atoms. The van der Waals surface area contributed by atoms with Crippen molar-refractivity contribution in [2.24, 2.45) is 0 Å². The first-order chi connectivity index (χ1) is 27.3. The molecule has 0 aliphatic heterocycles. The first-order valence-corrected chi connectivity index (χ1v) is 19.0. The fraction of sp³-hybridized carbons (Fsp3) is 0.0189. The smallest absolute Gasteiger partial charge is 0.136 e. The van der Waals surface area contributed by atoms with Crippen molar-refractivity contribution in [3.8, 4) is 33.4 Å². The second-order valence-electron chi connectivity index (χ2n) is 14.8. The van der Waals surface area contributed by atoms with Crippen LogP contribution in [-0.4, -0.2) is 0 Å². The summed E-state index contributed by atoms with van der Waals surface area (Å²) in [6.07, 6.45) is 0. The first-order valence-electron chi connectivity index (χ1n) is 19.0. The van der Waals surface area contributed by atoms with Gasteiger partial charge in [-0.3, -0.25) is 0 Å². The molecule has 0 unspecified atom stereocenters. The van der Waals surface area contributed by atoms with Crippen LogP contribution < -0.4 is 4.90 Å². The molecule has 12 rings (SSSR count). The Labute approximate surface area is 319 Å². The summed E-state index contributed by atoms with van der Waals surface area (Å²) < 4.78 is 6.32. The van der Waals surface area contributed by atoms with Crippen LogP contribution in [0.15, 0.2) is 205 Å². The van der Waals surface area contributed by atoms with Crippen molar-refractivity contribution in [3.63, 3.8) is 0 Å². The van der Waals surface area contributed by atoms with Gasteiger partial charge in [-0.05, 0) is 121 Å². The largest absolute Gasteiger partial charge is 0.456 e. The summed E-state index contributed by atoms with van der Waals surface area (Å²) >= 11 is 0. The molecule has 0 atom stereocenters. The van der Waals surface area contributed by atoms with Gasteiger partial charge >= 0.3 is 0 Å². The average molecular weight is 700 g/mol. The van der Waals surface area contributed by atoms with Gasteiger partial charge in [0.25, 0.3) is 0 Å². The Morgan fingerprint density at radius 3 is 1.80 bits per heavy atom. The molecule has 1 spiro atoms. The zero-order valence-corrected chi connectivity index (χ0v) is 29.9. The van der Waals surface area contributed by atoms with Crippen LogP contribution in [0.2, 0.25) is 0 Å². The van der Waals surface area contributed by atoms with Gasteiger partial charge in [-0.15, -0.1) is 0 Å². The zero-order chi connectivity index (χ0) is 36.1. The van der Waals surface area contributed by atoms with Crippen molar-refractivity contribution in [1.82, 2.24) is 0 Å². The van der Waals surface area contributed by atoms with Crippen molar-refractivity contribution in [2.75, 3.05) is 4.90 Å². The number of fused-ring (bicyclic) bond motifs is 10. The number of nitrogens with zero attached hydrogens (tertiary/aromatic N) is 1. The van der Waals surface area contributed by atoms with Gasteiger partial charge in [0.05, 0.1) is 5.41 Å². The molecule has 0 fully saturated rings. The van der Waals surface area contributed by atoms with E-state index in [1.807, 2.05) is 12.1 Å². The number of para-hydroxylation sites is 1. The van der Waals surface area contributed by atoms with E-state index in [-0.39, 0.29) is 5.41 Å². The van der Waals surface area contributed by atoms with Crippen molar-refractivity contribution >= 4 is 49.8 Å². The van der Waals surface area contributed by atoms with Crippen LogP contribution in [0.1, 0.15) is 22.3 Å². The number of hydrogen-bond donors (Lipinski definition) is 0. The second kappa shape index (κ2) is 11.4. The molecule has 1 heterocycles. The van der Waals surface area contributed by atoms with E-state index in [2.05, 4.69) is 193 Å². The number of benzene rings is 9. The molecule has 256 valence electrons. The summed E-state index contributed by atoms with van der Waals surface area (Å²) in [5.74, 6) is 0. The van der Waals surface area contributed by atoms with Crippen LogP contribution in [0.5, 0.6) is 0 Å². The molecular formula is C53H33NO. The summed E-state index contributed by atoms with van der Waals surface area (Å²) in [4.78, 5) is 2.42. The Morgan fingerprint density at radius 2 is 0.945 bits per heavy atom. The minimum absolute atomic E-state index is 0.315. The van der Waals surface area contributed by atoms with Crippen LogP contribution in [0.4, 0.5) is 17.1 Å². The number of hydrogen-bond acceptors (Lipinski definition) is 2. The predicted molar refractivity (Wildman–Crippen MR) is 228 cm³/mol. The molecule has 0 saturated carbocycles. The van der Waals surface area contributed by atoms with Gasteiger partial charge in [0, 0.05) is 27.8 Å². The van der Waals surface area contributed by atoms with E-state index in [9.17, 15) is 0 Å². The third kappa shape index (κ3) is 4.25. The lowest BCUT2D eigenvalue weighted by Crippen LogP contribution is -2.36. The fourth-order valence-electron chi connectivity index (χ4n) is 9.65. The van der Waals surface area contributed by atoms with Crippen LogP contribution >= 0.6 is 0 Å². The maximum Gasteiger partial charge on any atom is 0.136 e. The fourth-order valence-corrected chi connectivity index (χ4v) is 9.65. The van der Waals surface area contributed by atoms with Crippen molar-refractivity contribution < 1.29 is 4.42 Å². The molecule has 1 aromatic heterocycles. The lowest BCUT2D eigenvalue weighted by Gasteiger charge is -2.43. The van der Waals surface area contributed by atoms with E-state index >= 15 is 0 Å². The van der Waals surface area contributed by atoms with Crippen LogP contribution in [0.3, 0.4) is 0 Å². The van der Waals surface area contributed by atoms with Gasteiger partial charge in [0.1, 0.15) is 11.2 Å². The maximum absolute atomic E-state index is 6.32. The minimum Gasteiger partial charge on any atom is -0.456 e. The Morgan fingerprint density at radius 1 is 0.345 bits per heavy atom. The van der Waals surface area contributed by atoms with Crippen molar-refractivity contribution in [3.05, 3.63) is 222 Å². The standard InChI is InChI=1S/C53H33NO/c1-2-11-34(12-3-1)35-23-26-39(27-24-35)54(40-16-8-15-37(31-40)38-25-29-45-44-18-5-7-22-50(44)55-51(45)32-38)41-28-30-43-42-17-4-6-19-46(42)53(49(43)33-41)47-20-9-13-36-14-10-21-48(53)52(36)47/h1-33H. The number of furan rings is 1. The van der Waals surface area contributed by atoms with Crippen molar-refractivity contribution in [1.29, 1.82) is 0 Å². The molecule has 2 heteroatoms. The molecule has 2 aliphatic rings. The summed E-state index contributed by atoms with van der Waals surface area (Å²) in [5, 5.41) is 4.97. The highest BCUT2D eigenvalue weighted by Crippen LogP contribution is 2.64. The molecule has 10 aromatic rings. The maximum atomic E-state index is 6.32. The lowest BCUT2D eigenvalue weighted by atomic mass is 9.58. The Bertz CT molecular complexity index is 3110. The van der Waals surface area contributed by atoms with Gasteiger partial charge in [0.2, 0.25) is 0 Å². The summed E-state index contributed by atoms with van der Waals surface area (Å²) in [6, 6.07) is 73.1. The molecule has 2 aliphatic carbocycles. The van der Waals surface area contributed by atoms with Crippen molar-refractivity contribution in [2.45, 2.75) is 5.41 Å². The van der Waals surface area contributed by atoms with Crippen LogP contribution in [-0.2, 0) is 5.41 Å². The quantitative estimate of drug-likeness (QED) is 0.178. The molecule has 2 nitrogen and oxygen atoms in total. The normalized spacial score (nSPS) is 13.2. The SMILES string of the molecule is c1ccc(-c2ccc(N(c3cccc(-c4ccc5c(c4)oc4ccccc45)c3)c3ccc4c(c3)C3(c5ccccc5-4)c4cccc5cccc3c45)cc2)cc1. The summed E-state index contributed by atoms with van der Waals surface area (Å²) in [7, 11) is 0. The number of anilines is 3. The molecular weight excluding hydrogens is 667 g/mol. The third-order valence-electron chi connectivity index (χ3n) is 12.0. The highest BCUT2D eigenvalue weighted by molar-refractivity contribution is 6.07. The monoisotopic (exact) mass is 699 g/mol. The molecule has 0 N–H and O–H groups in total. The highest BCUT2D eigenvalue weighted by atomic mass is 16.3. The van der Waals surface area contributed by atoms with E-state index in [1.54, 1.807) is 0 Å². The van der Waals surface area contributed by atoms with Gasteiger partial charge in [0.15, 0.2) is 0 Å². The highest BCUT2D eigenvalue weighted by Gasteiger charge is 2.53. The molecule has 0 radical (unpaired) electrons. The summed E-state index contributed by atoms with van der Waals surface area (Å²) in [6.45, 7) is 0. The van der Waals surface area contributed by atoms with Gasteiger partial charge in [-0.1, -0.05) is 146 Å². The Hall–Kier alpha value is -7.16. The van der Waals surface area contributed by atoms with E-state index in [0.717, 1.165) is 50.1 Å². The van der Waals surface area contributed by atoms with Crippen LogP contribution in [0.25, 0.3) is 66.1 Å². The molecule has 9 aromatic carbocycles. The van der Waals surface area contributed by atoms with Crippen LogP contribution in [0, 0.1) is 0 Å². The molecule has 0 amide bonds. The first kappa shape index (κ1) is 30.3. The number of rotatable bonds is 5. The van der Waals surface area contributed by atoms with Gasteiger partial charge < -0.3 is 9.32 Å². The summed E-state index contributed by atoms with van der Waals surface area (Å²) in [5.41, 5.74) is 17.6. The minimum atomic E-state index is -0.315.